The summed E-state index contributed by atoms with van der Waals surface area (Å²) in [5, 5.41) is 46.5. The van der Waals surface area contributed by atoms with Gasteiger partial charge in [-0.05, 0) is 68.6 Å². The van der Waals surface area contributed by atoms with E-state index in [9.17, 15) is 58.5 Å². The Hall–Kier alpha value is -6.97. The van der Waals surface area contributed by atoms with E-state index >= 15 is 18.6 Å². The molecule has 27 heteroatoms. The topological polar surface area (TPSA) is 400 Å². The molecule has 478 valence electrons. The lowest BCUT2D eigenvalue weighted by molar-refractivity contribution is -0.154. The summed E-state index contributed by atoms with van der Waals surface area (Å²) in [5.74, 6) is -14.3. The first-order valence-corrected chi connectivity index (χ1v) is 31.8. The van der Waals surface area contributed by atoms with Crippen LogP contribution in [0.4, 0.5) is 0 Å². The van der Waals surface area contributed by atoms with Crippen molar-refractivity contribution in [2.45, 2.75) is 190 Å². The van der Waals surface area contributed by atoms with Crippen molar-refractivity contribution >= 4 is 92.2 Å². The summed E-state index contributed by atoms with van der Waals surface area (Å²) < 4.78 is 22.1. The maximum atomic E-state index is 16.0. The Kier molecular flexibility index (Phi) is 23.5. The van der Waals surface area contributed by atoms with Crippen molar-refractivity contribution < 1.29 is 81.8 Å². The molecule has 7 heterocycles. The molecule has 2 aromatic rings. The number of likely N-dealkylation sites (tertiary alicyclic amines) is 1. The van der Waals surface area contributed by atoms with Crippen LogP contribution in [0.25, 0.3) is 10.9 Å². The van der Waals surface area contributed by atoms with Gasteiger partial charge in [0, 0.05) is 80.8 Å². The predicted octanol–water partition coefficient (Wildman–Crippen LogP) is -0.0582. The zero-order valence-electron chi connectivity index (χ0n) is 50.0. The quantitative estimate of drug-likeness (QED) is 0.0578. The maximum absolute atomic E-state index is 16.0. The van der Waals surface area contributed by atoms with Crippen LogP contribution >= 0.6 is 0 Å². The van der Waals surface area contributed by atoms with Crippen LogP contribution in [0.1, 0.15) is 142 Å². The Morgan fingerprint density at radius 3 is 2.15 bits per heavy atom. The van der Waals surface area contributed by atoms with E-state index in [0.29, 0.717) is 76.1 Å². The molecule has 2 fully saturated rings. The third-order valence-corrected chi connectivity index (χ3v) is 19.3. The smallest absolute Gasteiger partial charge is 0.266 e. The van der Waals surface area contributed by atoms with Gasteiger partial charge in [-0.15, -0.1) is 0 Å². The summed E-state index contributed by atoms with van der Waals surface area (Å²) in [4.78, 5) is 173. The highest BCUT2D eigenvalue weighted by molar-refractivity contribution is 7.85. The molecule has 11 N–H and O–H groups in total. The summed E-state index contributed by atoms with van der Waals surface area (Å²) in [5.41, 5.74) is 3.93. The summed E-state index contributed by atoms with van der Waals surface area (Å²) in [7, 11) is -2.34. The molecule has 6 aliphatic heterocycles. The zero-order valence-corrected chi connectivity index (χ0v) is 50.8. The molecule has 8 bridgehead atoms. The number of hydrogen-bond donors (Lipinski definition) is 10. The second kappa shape index (κ2) is 30.3. The van der Waals surface area contributed by atoms with Crippen LogP contribution in [0.15, 0.2) is 23.2 Å². The van der Waals surface area contributed by atoms with Gasteiger partial charge in [0.1, 0.15) is 22.6 Å². The summed E-state index contributed by atoms with van der Waals surface area (Å²) in [6, 6.07) is -1.52. The largest absolute Gasteiger partial charge is 0.475 e. The van der Waals surface area contributed by atoms with E-state index in [1.807, 2.05) is 0 Å². The van der Waals surface area contributed by atoms with Crippen LogP contribution in [-0.2, 0) is 74.8 Å². The summed E-state index contributed by atoms with van der Waals surface area (Å²) in [6.07, 6.45) is -0.877. The number of rotatable bonds is 21. The Morgan fingerprint density at radius 2 is 1.48 bits per heavy atom. The number of ketones is 3. The molecule has 0 saturated carbocycles. The van der Waals surface area contributed by atoms with Crippen molar-refractivity contribution in [1.29, 1.82) is 0 Å². The average Bonchev–Trinajstić information content (AvgIpc) is 1.74. The first-order chi connectivity index (χ1) is 41.3. The number of amides is 9. The van der Waals surface area contributed by atoms with E-state index in [0.717, 1.165) is 4.90 Å². The molecule has 9 amide bonds. The second-order valence-corrected chi connectivity index (χ2v) is 25.7. The third kappa shape index (κ3) is 16.6. The predicted molar refractivity (Wildman–Crippen MR) is 313 cm³/mol. The molecule has 0 spiro atoms. The number of unbranched alkanes of at least 4 members (excludes halogenated alkanes) is 6. The van der Waals surface area contributed by atoms with E-state index in [1.54, 1.807) is 26.8 Å². The monoisotopic (exact) mass is 1240 g/mol. The SMILES string of the molecule is CC[C@H](C)C1NC(=O)CNC(=O)C2CC(=O)[C@H]([C@@H](C)[C@@H](O)CO)NC(=O)C3(CCCCCCCC(=O)CCCCCN4C(=O)CC(C)C4=O)Oc4ccc5c(c([nH]c5c4)S(=O)C[C@H](NC(=O)CNC1=O)C(=O)C[C@@H](CC(N)=O)C(=O)N1C[C@H](O)C[C@H]13)C2. The summed E-state index contributed by atoms with van der Waals surface area (Å²) >= 11 is 0. The number of nitrogens with zero attached hydrogens (tertiary/aromatic N) is 2. The average molecular weight is 1240 g/mol. The number of aliphatic hydroxyl groups excluding tert-OH is 3. The first-order valence-electron chi connectivity index (χ1n) is 30.5. The number of H-pyrrole nitrogens is 1. The number of primary amides is 1. The van der Waals surface area contributed by atoms with Crippen LogP contribution in [0.2, 0.25) is 0 Å². The zero-order chi connectivity index (χ0) is 63.4. The normalized spacial score (nSPS) is 28.2. The number of hydrogen-bond acceptors (Lipinski definition) is 17. The molecule has 1 aromatic carbocycles. The molecular formula is C60H85N9O17S. The number of imide groups is 1. The minimum absolute atomic E-state index is 0.00394. The van der Waals surface area contributed by atoms with Crippen molar-refractivity contribution in [1.82, 2.24) is 41.4 Å². The van der Waals surface area contributed by atoms with Crippen LogP contribution < -0.4 is 37.1 Å². The highest BCUT2D eigenvalue weighted by Gasteiger charge is 2.57. The van der Waals surface area contributed by atoms with E-state index < -0.39 is 181 Å². The van der Waals surface area contributed by atoms with Crippen LogP contribution in [0.3, 0.4) is 0 Å². The van der Waals surface area contributed by atoms with Crippen LogP contribution in [0, 0.1) is 29.6 Å². The van der Waals surface area contributed by atoms with Crippen molar-refractivity contribution in [2.24, 2.45) is 35.3 Å². The van der Waals surface area contributed by atoms with Gasteiger partial charge in [0.25, 0.3) is 5.91 Å². The van der Waals surface area contributed by atoms with Gasteiger partial charge in [-0.2, -0.15) is 0 Å². The fourth-order valence-electron chi connectivity index (χ4n) is 12.5. The van der Waals surface area contributed by atoms with Crippen molar-refractivity contribution in [2.75, 3.05) is 38.5 Å². The fourth-order valence-corrected chi connectivity index (χ4v) is 14.0. The lowest BCUT2D eigenvalue weighted by Crippen LogP contribution is -2.66. The molecule has 13 atom stereocenters. The van der Waals surface area contributed by atoms with Gasteiger partial charge in [-0.25, -0.2) is 0 Å². The van der Waals surface area contributed by atoms with Crippen molar-refractivity contribution in [3.63, 3.8) is 0 Å². The number of nitrogens with one attached hydrogen (secondary N) is 6. The number of nitrogens with two attached hydrogens (primary N) is 1. The highest BCUT2D eigenvalue weighted by atomic mass is 32.2. The third-order valence-electron chi connectivity index (χ3n) is 17.8. The number of fused-ring (bicyclic) bond motifs is 8. The lowest BCUT2D eigenvalue weighted by Gasteiger charge is -2.43. The molecule has 0 aliphatic carbocycles. The van der Waals surface area contributed by atoms with E-state index in [1.165, 1.54) is 24.0 Å². The minimum atomic E-state index is -2.34. The maximum Gasteiger partial charge on any atom is 0.266 e. The highest BCUT2D eigenvalue weighted by Crippen LogP contribution is 2.41. The van der Waals surface area contributed by atoms with Gasteiger partial charge in [-0.1, -0.05) is 59.8 Å². The Balaban J connectivity index is 1.29. The molecule has 1 aromatic heterocycles. The summed E-state index contributed by atoms with van der Waals surface area (Å²) in [6.45, 7) is 4.09. The molecule has 0 radical (unpaired) electrons. The van der Waals surface area contributed by atoms with E-state index in [4.69, 9.17) is 10.5 Å². The van der Waals surface area contributed by atoms with Gasteiger partial charge >= 0.3 is 0 Å². The second-order valence-electron chi connectivity index (χ2n) is 24.3. The van der Waals surface area contributed by atoms with Crippen LogP contribution in [0.5, 0.6) is 5.75 Å². The Labute approximate surface area is 507 Å². The molecular weight excluding hydrogens is 1150 g/mol. The Morgan fingerprint density at radius 1 is 0.816 bits per heavy atom. The number of carbonyl (C=O) groups excluding carboxylic acids is 12. The van der Waals surface area contributed by atoms with Crippen LogP contribution in [-0.4, -0.2) is 185 Å². The molecule has 2 saturated heterocycles. The number of aromatic amines is 1. The molecule has 26 nitrogen and oxygen atoms in total. The van der Waals surface area contributed by atoms with Gasteiger partial charge in [0.05, 0.1) is 78.0 Å². The van der Waals surface area contributed by atoms with E-state index in [2.05, 4.69) is 31.6 Å². The number of aliphatic hydroxyl groups is 3. The van der Waals surface area contributed by atoms with Crippen molar-refractivity contribution in [3.05, 3.63) is 23.8 Å². The minimum Gasteiger partial charge on any atom is -0.475 e. The molecule has 8 rings (SSSR count). The first kappa shape index (κ1) is 67.5. The fraction of sp³-hybridized carbons (Fsp3) is 0.667. The van der Waals surface area contributed by atoms with Gasteiger partial charge < -0.3 is 62.3 Å². The van der Waals surface area contributed by atoms with Gasteiger partial charge in [0.2, 0.25) is 52.9 Å². The van der Waals surface area contributed by atoms with E-state index in [-0.39, 0.29) is 77.5 Å². The van der Waals surface area contributed by atoms with Crippen molar-refractivity contribution in [3.8, 4) is 5.75 Å². The molecule has 5 unspecified atom stereocenters. The Bertz CT molecular complexity index is 2990. The van der Waals surface area contributed by atoms with Gasteiger partial charge in [0.15, 0.2) is 11.6 Å². The number of aromatic nitrogens is 1. The standard InChI is InChI=1S/C60H85N9O17S/c1-5-32(2)52-55(81)63-27-49(77)64-43-31-87(85)56-41-21-35(54(80)62-28-50(78)66-52)22-45(74)53(34(4)46(75)30-70)67-59(84)60(86-39-16-17-40(41)42(26-39)65-56,47-25-38(72)29-69(47)58(83)36(23-44(43)73)24-48(61)76)18-12-8-6-7-10-14-37(71)15-11-9-13-19-68-51(79)20-33(3)57(68)82/h16-17,26,32-36,38,43,46-47,52-53,65,70,72,75H,5-15,18-25,27-31H2,1-4H3,(H2,61,76)(H,62,80)(H,63,81)(H,64,77)(H,66,78)(H,67,84)/t32-,33?,34-,35?,36-,38+,43-,46-,47-,52?,53-,60?,87?/m0/s1. The number of Topliss-reactive ketones (excluding diaryl/α,β-unsaturated/α-hetero) is 3. The number of ether oxygens (including phenoxy) is 1. The lowest BCUT2D eigenvalue weighted by atomic mass is 9.81. The molecule has 87 heavy (non-hydrogen) atoms. The number of benzene rings is 1. The molecule has 6 aliphatic rings. The van der Waals surface area contributed by atoms with Gasteiger partial charge in [-0.3, -0.25) is 66.6 Å². The number of carbonyl (C=O) groups is 12.